The summed E-state index contributed by atoms with van der Waals surface area (Å²) in [5.74, 6) is -0.252. The topological polar surface area (TPSA) is 50.2 Å². The highest BCUT2D eigenvalue weighted by Gasteiger charge is 2.00. The van der Waals surface area contributed by atoms with Crippen LogP contribution < -0.4 is 5.59 Å². The second kappa shape index (κ2) is 2.52. The van der Waals surface area contributed by atoms with E-state index >= 15 is 0 Å². The Kier molecular flexibility index (Phi) is 1.71. The van der Waals surface area contributed by atoms with Crippen molar-refractivity contribution in [3.05, 3.63) is 17.8 Å². The summed E-state index contributed by atoms with van der Waals surface area (Å²) in [6, 6.07) is 1.39. The molecule has 0 saturated carbocycles. The van der Waals surface area contributed by atoms with Crippen LogP contribution in [0, 0.1) is 0 Å². The van der Waals surface area contributed by atoms with Crippen LogP contribution in [0.5, 0.6) is 5.75 Å². The van der Waals surface area contributed by atoms with E-state index in [1.807, 2.05) is 0 Å². The Morgan fingerprint density at radius 1 is 1.70 bits per heavy atom. The lowest BCUT2D eigenvalue weighted by Crippen LogP contribution is -2.09. The minimum absolute atomic E-state index is 0.0235. The molecular formula is C6H4BNO2. The van der Waals surface area contributed by atoms with Gasteiger partial charge in [-0.3, -0.25) is 9.78 Å². The fourth-order valence-electron chi connectivity index (χ4n) is 0.581. The van der Waals surface area contributed by atoms with Crippen molar-refractivity contribution in [1.29, 1.82) is 0 Å². The lowest BCUT2D eigenvalue weighted by molar-refractivity contribution is 0.112. The number of nitrogens with zero attached hydrogens (tertiary/aromatic N) is 1. The maximum absolute atomic E-state index is 10.1. The summed E-state index contributed by atoms with van der Waals surface area (Å²) in [7, 11) is 5.18. The molecule has 1 rings (SSSR count). The summed E-state index contributed by atoms with van der Waals surface area (Å²) in [4.78, 5) is 13.7. The van der Waals surface area contributed by atoms with E-state index in [-0.39, 0.29) is 16.9 Å². The molecule has 3 nitrogen and oxygen atoms in total. The van der Waals surface area contributed by atoms with E-state index in [2.05, 4.69) is 4.98 Å². The number of hydrogen-bond acceptors (Lipinski definition) is 3. The van der Waals surface area contributed by atoms with Gasteiger partial charge in [-0.2, -0.15) is 0 Å². The second-order valence-electron chi connectivity index (χ2n) is 1.75. The molecule has 0 amide bonds. The van der Waals surface area contributed by atoms with Gasteiger partial charge in [0.05, 0.1) is 5.56 Å². The molecule has 0 bridgehead atoms. The van der Waals surface area contributed by atoms with E-state index in [1.165, 1.54) is 12.3 Å². The monoisotopic (exact) mass is 133 g/mol. The summed E-state index contributed by atoms with van der Waals surface area (Å²) in [5.41, 5.74) is 0.136. The van der Waals surface area contributed by atoms with Gasteiger partial charge < -0.3 is 5.11 Å². The molecular weight excluding hydrogens is 129 g/mol. The van der Waals surface area contributed by atoms with Crippen molar-refractivity contribution in [2.75, 3.05) is 0 Å². The summed E-state index contributed by atoms with van der Waals surface area (Å²) in [6.45, 7) is 0. The van der Waals surface area contributed by atoms with Gasteiger partial charge in [0.25, 0.3) is 0 Å². The minimum atomic E-state index is -0.252. The predicted molar refractivity (Wildman–Crippen MR) is 36.7 cm³/mol. The average Bonchev–Trinajstić information content (AvgIpc) is 1.95. The first-order valence-electron chi connectivity index (χ1n) is 2.64. The molecule has 0 aliphatic rings. The zero-order chi connectivity index (χ0) is 7.56. The Balaban J connectivity index is 3.27. The van der Waals surface area contributed by atoms with Gasteiger partial charge in [-0.05, 0) is 6.07 Å². The van der Waals surface area contributed by atoms with E-state index in [4.69, 9.17) is 13.0 Å². The molecule has 1 heterocycles. The van der Waals surface area contributed by atoms with Crippen molar-refractivity contribution < 1.29 is 9.90 Å². The molecule has 0 aliphatic carbocycles. The number of hydrogen-bond donors (Lipinski definition) is 1. The molecule has 0 spiro atoms. The fourth-order valence-corrected chi connectivity index (χ4v) is 0.581. The molecule has 1 aromatic rings. The lowest BCUT2D eigenvalue weighted by atomic mass is 10.0. The first-order valence-corrected chi connectivity index (χ1v) is 2.64. The predicted octanol–water partition coefficient (Wildman–Crippen LogP) is -0.607. The van der Waals surface area contributed by atoms with Gasteiger partial charge in [0.1, 0.15) is 13.6 Å². The van der Waals surface area contributed by atoms with E-state index in [0.29, 0.717) is 6.29 Å². The van der Waals surface area contributed by atoms with Gasteiger partial charge in [0.2, 0.25) is 0 Å². The van der Waals surface area contributed by atoms with E-state index in [9.17, 15) is 4.79 Å². The van der Waals surface area contributed by atoms with Crippen molar-refractivity contribution in [3.63, 3.8) is 0 Å². The number of rotatable bonds is 1. The molecule has 0 aromatic carbocycles. The third kappa shape index (κ3) is 1.00. The van der Waals surface area contributed by atoms with Crippen LogP contribution in [0.15, 0.2) is 12.3 Å². The third-order valence-electron chi connectivity index (χ3n) is 1.11. The number of aldehydes is 1. The minimum Gasteiger partial charge on any atom is -0.506 e. The molecule has 2 radical (unpaired) electrons. The molecule has 0 atom stereocenters. The first kappa shape index (κ1) is 6.80. The number of carbonyl (C=O) groups is 1. The summed E-state index contributed by atoms with van der Waals surface area (Å²) in [5, 5.41) is 8.98. The van der Waals surface area contributed by atoms with Crippen molar-refractivity contribution in [2.45, 2.75) is 0 Å². The van der Waals surface area contributed by atoms with Crippen LogP contribution >= 0.6 is 0 Å². The van der Waals surface area contributed by atoms with Gasteiger partial charge >= 0.3 is 0 Å². The number of aromatic hydroxyl groups is 1. The van der Waals surface area contributed by atoms with Gasteiger partial charge in [-0.15, -0.1) is 0 Å². The smallest absolute Gasteiger partial charge is 0.153 e. The molecule has 4 heteroatoms. The van der Waals surface area contributed by atoms with Gasteiger partial charge in [-0.25, -0.2) is 0 Å². The maximum atomic E-state index is 10.1. The molecule has 0 fully saturated rings. The lowest BCUT2D eigenvalue weighted by Gasteiger charge is -1.97. The summed E-state index contributed by atoms with van der Waals surface area (Å²) < 4.78 is 0. The second-order valence-corrected chi connectivity index (χ2v) is 1.75. The van der Waals surface area contributed by atoms with Crippen LogP contribution in [-0.4, -0.2) is 24.2 Å². The largest absolute Gasteiger partial charge is 0.506 e. The molecule has 48 valence electrons. The molecule has 1 aromatic heterocycles. The number of carbonyl (C=O) groups excluding carboxylic acids is 1. The highest BCUT2D eigenvalue weighted by Crippen LogP contribution is 2.06. The number of pyridine rings is 1. The summed E-state index contributed by atoms with van der Waals surface area (Å²) >= 11 is 0. The van der Waals surface area contributed by atoms with Crippen LogP contribution in [0.2, 0.25) is 0 Å². The SMILES string of the molecule is [B]c1nccc(C=O)c1O. The van der Waals surface area contributed by atoms with Crippen LogP contribution in [0.3, 0.4) is 0 Å². The van der Waals surface area contributed by atoms with Gasteiger partial charge in [0.15, 0.2) is 6.29 Å². The Labute approximate surface area is 59.1 Å². The Bertz CT molecular complexity index is 262. The molecule has 1 N–H and O–H groups in total. The quantitative estimate of drug-likeness (QED) is 0.410. The Morgan fingerprint density at radius 2 is 2.40 bits per heavy atom. The zero-order valence-electron chi connectivity index (χ0n) is 5.11. The fraction of sp³-hybridized carbons (Fsp3) is 0. The van der Waals surface area contributed by atoms with Gasteiger partial charge in [0, 0.05) is 11.8 Å². The highest BCUT2D eigenvalue weighted by molar-refractivity contribution is 6.33. The van der Waals surface area contributed by atoms with Crippen molar-refractivity contribution in [3.8, 4) is 5.75 Å². The molecule has 0 unspecified atom stereocenters. The third-order valence-corrected chi connectivity index (χ3v) is 1.11. The molecule has 0 aliphatic heterocycles. The normalized spacial score (nSPS) is 9.20. The van der Waals surface area contributed by atoms with Crippen molar-refractivity contribution >= 4 is 19.7 Å². The van der Waals surface area contributed by atoms with E-state index in [0.717, 1.165) is 0 Å². The first-order chi connectivity index (χ1) is 4.75. The molecule has 0 saturated heterocycles. The molecule has 10 heavy (non-hydrogen) atoms. The standard InChI is InChI=1S/C6H4BNO2/c7-6-5(10)4(3-9)1-2-8-6/h1-3,10H. The Hall–Kier alpha value is -1.32. The maximum Gasteiger partial charge on any atom is 0.153 e. The average molecular weight is 133 g/mol. The Morgan fingerprint density at radius 3 is 2.90 bits per heavy atom. The van der Waals surface area contributed by atoms with E-state index in [1.54, 1.807) is 0 Å². The van der Waals surface area contributed by atoms with Crippen LogP contribution in [-0.2, 0) is 0 Å². The number of aromatic nitrogens is 1. The van der Waals surface area contributed by atoms with Crippen molar-refractivity contribution in [2.24, 2.45) is 0 Å². The summed E-state index contributed by atoms with van der Waals surface area (Å²) in [6.07, 6.45) is 1.88. The zero-order valence-corrected chi connectivity index (χ0v) is 5.11. The highest BCUT2D eigenvalue weighted by atomic mass is 16.3. The van der Waals surface area contributed by atoms with Crippen LogP contribution in [0.4, 0.5) is 0 Å². The van der Waals surface area contributed by atoms with Crippen LogP contribution in [0.25, 0.3) is 0 Å². The van der Waals surface area contributed by atoms with Crippen LogP contribution in [0.1, 0.15) is 10.4 Å². The van der Waals surface area contributed by atoms with Gasteiger partial charge in [-0.1, -0.05) is 0 Å². The van der Waals surface area contributed by atoms with E-state index < -0.39 is 0 Å². The van der Waals surface area contributed by atoms with Crippen molar-refractivity contribution in [1.82, 2.24) is 4.98 Å².